The van der Waals surface area contributed by atoms with Crippen LogP contribution in [0.25, 0.3) is 22.6 Å². The van der Waals surface area contributed by atoms with Crippen molar-refractivity contribution >= 4 is 5.91 Å². The Kier molecular flexibility index (Phi) is 7.70. The van der Waals surface area contributed by atoms with Gasteiger partial charge in [0.15, 0.2) is 5.69 Å². The first kappa shape index (κ1) is 24.3. The molecule has 1 amide bonds. The van der Waals surface area contributed by atoms with E-state index >= 15 is 0 Å². The Morgan fingerprint density at radius 3 is 2.14 bits per heavy atom. The molecule has 0 radical (unpaired) electrons. The van der Waals surface area contributed by atoms with Crippen LogP contribution in [-0.4, -0.2) is 10.9 Å². The van der Waals surface area contributed by atoms with Gasteiger partial charge in [0, 0.05) is 11.6 Å². The Labute approximate surface area is 204 Å². The number of H-pyrrole nitrogens is 1. The van der Waals surface area contributed by atoms with E-state index in [4.69, 9.17) is 0 Å². The SMILES string of the molecule is CCCCC(NC(=O)c1c(-c2cc(F)cc(F)c2)[nH]c(-c2ccccc2)[n+]1CC)c1ccccc1. The van der Waals surface area contributed by atoms with Crippen LogP contribution in [0, 0.1) is 11.6 Å². The highest BCUT2D eigenvalue weighted by Gasteiger charge is 2.32. The number of hydrogen-bond acceptors (Lipinski definition) is 1. The molecule has 6 heteroatoms. The highest BCUT2D eigenvalue weighted by atomic mass is 19.1. The zero-order valence-electron chi connectivity index (χ0n) is 20.0. The van der Waals surface area contributed by atoms with Crippen molar-refractivity contribution in [3.63, 3.8) is 0 Å². The second-order valence-electron chi connectivity index (χ2n) is 8.54. The molecule has 4 aromatic rings. The Morgan fingerprint density at radius 1 is 0.914 bits per heavy atom. The number of benzene rings is 3. The lowest BCUT2D eigenvalue weighted by molar-refractivity contribution is -0.683. The Hall–Kier alpha value is -3.80. The van der Waals surface area contributed by atoms with E-state index in [0.717, 1.165) is 36.5 Å². The lowest BCUT2D eigenvalue weighted by atomic mass is 10.0. The molecule has 0 aliphatic carbocycles. The molecule has 3 aromatic carbocycles. The van der Waals surface area contributed by atoms with Crippen molar-refractivity contribution in [2.75, 3.05) is 0 Å². The topological polar surface area (TPSA) is 48.8 Å². The fourth-order valence-corrected chi connectivity index (χ4v) is 4.42. The maximum absolute atomic E-state index is 14.2. The minimum absolute atomic E-state index is 0.180. The van der Waals surface area contributed by atoms with Crippen LogP contribution in [0.2, 0.25) is 0 Å². The summed E-state index contributed by atoms with van der Waals surface area (Å²) in [6.45, 7) is 4.55. The number of unbranched alkanes of at least 4 members (excludes halogenated alkanes) is 1. The van der Waals surface area contributed by atoms with Gasteiger partial charge in [0.1, 0.15) is 11.6 Å². The fourth-order valence-electron chi connectivity index (χ4n) is 4.42. The first-order valence-electron chi connectivity index (χ1n) is 12.0. The standard InChI is InChI=1S/C29H29F2N3O/c1-3-5-16-25(20-12-8-6-9-13-20)32-29(35)27-26(22-17-23(30)19-24(31)18-22)33-28(34(27)4-2)21-14-10-7-11-15-21/h6-15,17-19,25H,3-5,16H2,1-2H3,(H,32,35)/p+1. The van der Waals surface area contributed by atoms with Crippen LogP contribution in [0.3, 0.4) is 0 Å². The summed E-state index contributed by atoms with van der Waals surface area (Å²) < 4.78 is 30.2. The molecular weight excluding hydrogens is 444 g/mol. The third-order valence-electron chi connectivity index (χ3n) is 6.10. The smallest absolute Gasteiger partial charge is 0.296 e. The molecule has 4 nitrogen and oxygen atoms in total. The van der Waals surface area contributed by atoms with Crippen molar-refractivity contribution in [3.05, 3.63) is 102 Å². The molecule has 1 aromatic heterocycles. The summed E-state index contributed by atoms with van der Waals surface area (Å²) in [6, 6.07) is 22.6. The number of hydrogen-bond donors (Lipinski definition) is 2. The molecule has 0 saturated carbocycles. The van der Waals surface area contributed by atoms with E-state index in [9.17, 15) is 13.6 Å². The van der Waals surface area contributed by atoms with E-state index in [2.05, 4.69) is 17.2 Å². The number of aromatic amines is 1. The van der Waals surface area contributed by atoms with Gasteiger partial charge in [0.05, 0.1) is 18.2 Å². The largest absolute Gasteiger partial charge is 0.342 e. The van der Waals surface area contributed by atoms with Crippen molar-refractivity contribution in [1.82, 2.24) is 10.3 Å². The summed E-state index contributed by atoms with van der Waals surface area (Å²) in [5, 5.41) is 3.20. The Morgan fingerprint density at radius 2 is 1.54 bits per heavy atom. The maximum atomic E-state index is 14.2. The van der Waals surface area contributed by atoms with E-state index in [1.807, 2.05) is 72.2 Å². The molecule has 0 aliphatic rings. The van der Waals surface area contributed by atoms with E-state index in [-0.39, 0.29) is 17.5 Å². The number of carbonyl (C=O) groups excluding carboxylic acids is 1. The molecule has 35 heavy (non-hydrogen) atoms. The fraction of sp³-hybridized carbons (Fsp3) is 0.241. The molecule has 0 aliphatic heterocycles. The molecule has 0 fully saturated rings. The van der Waals surface area contributed by atoms with Crippen LogP contribution in [0.4, 0.5) is 8.78 Å². The van der Waals surface area contributed by atoms with E-state index in [1.54, 1.807) is 0 Å². The molecule has 2 N–H and O–H groups in total. The van der Waals surface area contributed by atoms with Gasteiger partial charge in [-0.15, -0.1) is 0 Å². The van der Waals surface area contributed by atoms with Crippen LogP contribution in [-0.2, 0) is 6.54 Å². The minimum atomic E-state index is -0.699. The first-order chi connectivity index (χ1) is 17.0. The Bertz CT molecular complexity index is 1270. The molecule has 1 heterocycles. The van der Waals surface area contributed by atoms with Crippen LogP contribution < -0.4 is 9.88 Å². The minimum Gasteiger partial charge on any atom is -0.342 e. The van der Waals surface area contributed by atoms with Gasteiger partial charge in [0.2, 0.25) is 5.69 Å². The third kappa shape index (κ3) is 5.48. The van der Waals surface area contributed by atoms with Crippen LogP contribution in [0.5, 0.6) is 0 Å². The van der Waals surface area contributed by atoms with Gasteiger partial charge < -0.3 is 5.32 Å². The van der Waals surface area contributed by atoms with Crippen molar-refractivity contribution in [1.29, 1.82) is 0 Å². The number of nitrogens with one attached hydrogen (secondary N) is 2. The van der Waals surface area contributed by atoms with Gasteiger partial charge in [-0.2, -0.15) is 0 Å². The molecule has 0 bridgehead atoms. The Balaban J connectivity index is 1.84. The zero-order valence-corrected chi connectivity index (χ0v) is 20.0. The summed E-state index contributed by atoms with van der Waals surface area (Å²) in [7, 11) is 0. The number of rotatable bonds is 9. The van der Waals surface area contributed by atoms with Crippen LogP contribution in [0.1, 0.15) is 55.2 Å². The first-order valence-corrected chi connectivity index (χ1v) is 12.0. The maximum Gasteiger partial charge on any atom is 0.296 e. The van der Waals surface area contributed by atoms with Gasteiger partial charge in [-0.05, 0) is 43.2 Å². The van der Waals surface area contributed by atoms with Crippen molar-refractivity contribution in [3.8, 4) is 22.6 Å². The number of amides is 1. The summed E-state index contributed by atoms with van der Waals surface area (Å²) in [5.41, 5.74) is 2.89. The summed E-state index contributed by atoms with van der Waals surface area (Å²) in [5.74, 6) is -0.997. The van der Waals surface area contributed by atoms with Gasteiger partial charge in [0.25, 0.3) is 11.7 Å². The highest BCUT2D eigenvalue weighted by molar-refractivity contribution is 5.97. The number of imidazole rings is 1. The predicted molar refractivity (Wildman–Crippen MR) is 134 cm³/mol. The van der Waals surface area contributed by atoms with E-state index < -0.39 is 11.6 Å². The number of aromatic nitrogens is 2. The quantitative estimate of drug-likeness (QED) is 0.264. The summed E-state index contributed by atoms with van der Waals surface area (Å²) in [4.78, 5) is 17.1. The summed E-state index contributed by atoms with van der Waals surface area (Å²) in [6.07, 6.45) is 2.75. The molecule has 4 rings (SSSR count). The van der Waals surface area contributed by atoms with E-state index in [1.165, 1.54) is 12.1 Å². The average molecular weight is 475 g/mol. The van der Waals surface area contributed by atoms with Gasteiger partial charge >= 0.3 is 0 Å². The zero-order chi connectivity index (χ0) is 24.8. The molecule has 180 valence electrons. The van der Waals surface area contributed by atoms with Gasteiger partial charge in [-0.3, -0.25) is 4.79 Å². The van der Waals surface area contributed by atoms with Crippen molar-refractivity contribution in [2.45, 2.75) is 45.7 Å². The molecule has 0 saturated heterocycles. The van der Waals surface area contributed by atoms with Crippen molar-refractivity contribution < 1.29 is 18.1 Å². The monoisotopic (exact) mass is 474 g/mol. The third-order valence-corrected chi connectivity index (χ3v) is 6.10. The van der Waals surface area contributed by atoms with Gasteiger partial charge in [-0.1, -0.05) is 68.3 Å². The van der Waals surface area contributed by atoms with Crippen molar-refractivity contribution in [2.24, 2.45) is 0 Å². The second-order valence-corrected chi connectivity index (χ2v) is 8.54. The molecule has 1 unspecified atom stereocenters. The number of halogens is 2. The lowest BCUT2D eigenvalue weighted by Gasteiger charge is -2.19. The van der Waals surface area contributed by atoms with E-state index in [0.29, 0.717) is 23.8 Å². The second kappa shape index (κ2) is 11.1. The normalized spacial score (nSPS) is 11.9. The number of carbonyl (C=O) groups is 1. The summed E-state index contributed by atoms with van der Waals surface area (Å²) >= 11 is 0. The number of nitrogens with zero attached hydrogens (tertiary/aromatic N) is 1. The average Bonchev–Trinajstić information content (AvgIpc) is 3.27. The molecular formula is C29H30F2N3O+. The molecule has 0 spiro atoms. The van der Waals surface area contributed by atoms with Crippen LogP contribution >= 0.6 is 0 Å². The lowest BCUT2D eigenvalue weighted by Crippen LogP contribution is -2.43. The molecule has 1 atom stereocenters. The van der Waals surface area contributed by atoms with Gasteiger partial charge in [-0.25, -0.2) is 18.3 Å². The predicted octanol–water partition coefficient (Wildman–Crippen LogP) is 6.60. The highest BCUT2D eigenvalue weighted by Crippen LogP contribution is 2.28. The van der Waals surface area contributed by atoms with Crippen LogP contribution in [0.15, 0.2) is 78.9 Å².